The third kappa shape index (κ3) is 3.39. The van der Waals surface area contributed by atoms with Crippen LogP contribution in [0.25, 0.3) is 0 Å². The van der Waals surface area contributed by atoms with E-state index < -0.39 is 0 Å². The SMILES string of the molecule is CCCc1ccc(CC=O)c(OCC)c1. The van der Waals surface area contributed by atoms with Crippen molar-refractivity contribution >= 4 is 6.29 Å². The zero-order valence-corrected chi connectivity index (χ0v) is 9.45. The summed E-state index contributed by atoms with van der Waals surface area (Å²) in [5, 5.41) is 0. The Morgan fingerprint density at radius 2 is 2.13 bits per heavy atom. The third-order valence-corrected chi connectivity index (χ3v) is 2.27. The number of benzene rings is 1. The Balaban J connectivity index is 2.91. The molecule has 82 valence electrons. The van der Waals surface area contributed by atoms with E-state index in [0.29, 0.717) is 13.0 Å². The summed E-state index contributed by atoms with van der Waals surface area (Å²) < 4.78 is 5.52. The van der Waals surface area contributed by atoms with Crippen LogP contribution >= 0.6 is 0 Å². The Labute approximate surface area is 91.3 Å². The van der Waals surface area contributed by atoms with Crippen LogP contribution < -0.4 is 4.74 Å². The second-order valence-corrected chi connectivity index (χ2v) is 3.50. The fourth-order valence-corrected chi connectivity index (χ4v) is 1.59. The molecule has 0 N–H and O–H groups in total. The molecule has 1 rings (SSSR count). The first kappa shape index (κ1) is 11.8. The van der Waals surface area contributed by atoms with Crippen LogP contribution in [0.1, 0.15) is 31.4 Å². The van der Waals surface area contributed by atoms with Gasteiger partial charge in [-0.3, -0.25) is 0 Å². The summed E-state index contributed by atoms with van der Waals surface area (Å²) in [4.78, 5) is 10.5. The van der Waals surface area contributed by atoms with Crippen LogP contribution in [0.3, 0.4) is 0 Å². The number of ether oxygens (including phenoxy) is 1. The van der Waals surface area contributed by atoms with Gasteiger partial charge < -0.3 is 9.53 Å². The van der Waals surface area contributed by atoms with Crippen molar-refractivity contribution < 1.29 is 9.53 Å². The molecule has 0 atom stereocenters. The topological polar surface area (TPSA) is 26.3 Å². The van der Waals surface area contributed by atoms with E-state index in [9.17, 15) is 4.79 Å². The molecule has 0 unspecified atom stereocenters. The van der Waals surface area contributed by atoms with E-state index in [1.807, 2.05) is 19.1 Å². The first-order valence-corrected chi connectivity index (χ1v) is 5.50. The van der Waals surface area contributed by atoms with Crippen molar-refractivity contribution in [1.29, 1.82) is 0 Å². The van der Waals surface area contributed by atoms with Crippen LogP contribution in [-0.2, 0) is 17.6 Å². The number of hydrogen-bond donors (Lipinski definition) is 0. The van der Waals surface area contributed by atoms with Crippen LogP contribution in [-0.4, -0.2) is 12.9 Å². The van der Waals surface area contributed by atoms with Crippen LogP contribution in [0.5, 0.6) is 5.75 Å². The van der Waals surface area contributed by atoms with Gasteiger partial charge in [-0.05, 0) is 25.0 Å². The molecule has 0 fully saturated rings. The van der Waals surface area contributed by atoms with Crippen molar-refractivity contribution in [2.24, 2.45) is 0 Å². The molecule has 0 spiro atoms. The number of carbonyl (C=O) groups excluding carboxylic acids is 1. The highest BCUT2D eigenvalue weighted by Crippen LogP contribution is 2.21. The molecule has 0 saturated heterocycles. The highest BCUT2D eigenvalue weighted by Gasteiger charge is 2.04. The van der Waals surface area contributed by atoms with Gasteiger partial charge in [0.25, 0.3) is 0 Å². The molecule has 0 saturated carbocycles. The molecule has 0 bridgehead atoms. The van der Waals surface area contributed by atoms with Crippen LogP contribution in [0.15, 0.2) is 18.2 Å². The van der Waals surface area contributed by atoms with Crippen LogP contribution in [0.4, 0.5) is 0 Å². The Morgan fingerprint density at radius 3 is 2.73 bits per heavy atom. The van der Waals surface area contributed by atoms with E-state index in [1.54, 1.807) is 0 Å². The summed E-state index contributed by atoms with van der Waals surface area (Å²) in [5.41, 5.74) is 2.25. The fraction of sp³-hybridized carbons (Fsp3) is 0.462. The van der Waals surface area contributed by atoms with Crippen molar-refractivity contribution in [3.8, 4) is 5.75 Å². The average molecular weight is 206 g/mol. The van der Waals surface area contributed by atoms with E-state index in [-0.39, 0.29) is 0 Å². The number of rotatable bonds is 6. The molecule has 1 aromatic rings. The summed E-state index contributed by atoms with van der Waals surface area (Å²) in [5.74, 6) is 0.857. The lowest BCUT2D eigenvalue weighted by atomic mass is 10.1. The molecule has 0 aliphatic carbocycles. The highest BCUT2D eigenvalue weighted by molar-refractivity contribution is 5.58. The molecule has 0 radical (unpaired) electrons. The molecule has 0 aromatic heterocycles. The second-order valence-electron chi connectivity index (χ2n) is 3.50. The van der Waals surface area contributed by atoms with Gasteiger partial charge in [-0.1, -0.05) is 25.5 Å². The maximum atomic E-state index is 10.5. The van der Waals surface area contributed by atoms with Crippen molar-refractivity contribution in [3.63, 3.8) is 0 Å². The summed E-state index contributed by atoms with van der Waals surface area (Å²) in [6.45, 7) is 4.75. The molecule has 2 nitrogen and oxygen atoms in total. The molecular weight excluding hydrogens is 188 g/mol. The van der Waals surface area contributed by atoms with E-state index in [2.05, 4.69) is 13.0 Å². The number of hydrogen-bond acceptors (Lipinski definition) is 2. The average Bonchev–Trinajstić information content (AvgIpc) is 2.23. The summed E-state index contributed by atoms with van der Waals surface area (Å²) >= 11 is 0. The molecule has 0 heterocycles. The lowest BCUT2D eigenvalue weighted by molar-refractivity contribution is -0.107. The molecule has 1 aromatic carbocycles. The lowest BCUT2D eigenvalue weighted by Crippen LogP contribution is -1.98. The van der Waals surface area contributed by atoms with Gasteiger partial charge in [-0.2, -0.15) is 0 Å². The Kier molecular flexibility index (Phi) is 4.88. The van der Waals surface area contributed by atoms with Crippen molar-refractivity contribution in [2.45, 2.75) is 33.1 Å². The summed E-state index contributed by atoms with van der Waals surface area (Å²) in [7, 11) is 0. The first-order chi connectivity index (χ1) is 7.31. The second kappa shape index (κ2) is 6.23. The van der Waals surface area contributed by atoms with Gasteiger partial charge in [0.1, 0.15) is 12.0 Å². The fourth-order valence-electron chi connectivity index (χ4n) is 1.59. The monoisotopic (exact) mass is 206 g/mol. The standard InChI is InChI=1S/C13H18O2/c1-3-5-11-6-7-12(8-9-14)13(10-11)15-4-2/h6-7,9-10H,3-5,8H2,1-2H3. The maximum Gasteiger partial charge on any atom is 0.124 e. The summed E-state index contributed by atoms with van der Waals surface area (Å²) in [6, 6.07) is 6.11. The third-order valence-electron chi connectivity index (χ3n) is 2.27. The van der Waals surface area contributed by atoms with Crippen molar-refractivity contribution in [1.82, 2.24) is 0 Å². The quantitative estimate of drug-likeness (QED) is 0.669. The van der Waals surface area contributed by atoms with E-state index in [0.717, 1.165) is 30.4 Å². The van der Waals surface area contributed by atoms with Gasteiger partial charge in [0.2, 0.25) is 0 Å². The Bertz CT molecular complexity index is 318. The highest BCUT2D eigenvalue weighted by atomic mass is 16.5. The van der Waals surface area contributed by atoms with Gasteiger partial charge in [-0.25, -0.2) is 0 Å². The minimum atomic E-state index is 0.432. The normalized spacial score (nSPS) is 10.0. The molecule has 0 aliphatic rings. The van der Waals surface area contributed by atoms with E-state index in [4.69, 9.17) is 4.74 Å². The molecule has 0 amide bonds. The Morgan fingerprint density at radius 1 is 1.33 bits per heavy atom. The smallest absolute Gasteiger partial charge is 0.124 e. The maximum absolute atomic E-state index is 10.5. The zero-order chi connectivity index (χ0) is 11.1. The predicted molar refractivity (Wildman–Crippen MR) is 61.4 cm³/mol. The largest absolute Gasteiger partial charge is 0.494 e. The van der Waals surface area contributed by atoms with Gasteiger partial charge in [0.05, 0.1) is 6.61 Å². The van der Waals surface area contributed by atoms with Crippen LogP contribution in [0, 0.1) is 0 Å². The van der Waals surface area contributed by atoms with Crippen molar-refractivity contribution in [3.05, 3.63) is 29.3 Å². The molecular formula is C13H18O2. The Hall–Kier alpha value is -1.31. The van der Waals surface area contributed by atoms with E-state index >= 15 is 0 Å². The van der Waals surface area contributed by atoms with E-state index in [1.165, 1.54) is 5.56 Å². The van der Waals surface area contributed by atoms with Gasteiger partial charge in [0, 0.05) is 12.0 Å². The minimum absolute atomic E-state index is 0.432. The minimum Gasteiger partial charge on any atom is -0.494 e. The predicted octanol–water partition coefficient (Wildman–Crippen LogP) is 2.78. The van der Waals surface area contributed by atoms with Gasteiger partial charge in [-0.15, -0.1) is 0 Å². The number of carbonyl (C=O) groups is 1. The number of aryl methyl sites for hydroxylation is 1. The molecule has 0 aliphatic heterocycles. The molecule has 2 heteroatoms. The van der Waals surface area contributed by atoms with Gasteiger partial charge in [0.15, 0.2) is 0 Å². The summed E-state index contributed by atoms with van der Waals surface area (Å²) in [6.07, 6.45) is 3.53. The first-order valence-electron chi connectivity index (χ1n) is 5.50. The number of aldehydes is 1. The van der Waals surface area contributed by atoms with Crippen LogP contribution in [0.2, 0.25) is 0 Å². The van der Waals surface area contributed by atoms with Gasteiger partial charge >= 0.3 is 0 Å². The lowest BCUT2D eigenvalue weighted by Gasteiger charge is -2.10. The zero-order valence-electron chi connectivity index (χ0n) is 9.45. The van der Waals surface area contributed by atoms with Crippen molar-refractivity contribution in [2.75, 3.05) is 6.61 Å². The molecule has 15 heavy (non-hydrogen) atoms.